The Kier molecular flexibility index (Phi) is 5.54. The third-order valence-electron chi connectivity index (χ3n) is 4.91. The van der Waals surface area contributed by atoms with Gasteiger partial charge in [0.2, 0.25) is 5.95 Å². The van der Waals surface area contributed by atoms with E-state index in [-0.39, 0.29) is 0 Å². The molecule has 0 atom stereocenters. The molecule has 3 aromatic rings. The van der Waals surface area contributed by atoms with Gasteiger partial charge in [0, 0.05) is 49.4 Å². The predicted molar refractivity (Wildman–Crippen MR) is 116 cm³/mol. The molecule has 29 heavy (non-hydrogen) atoms. The Balaban J connectivity index is 1.42. The third kappa shape index (κ3) is 4.81. The van der Waals surface area contributed by atoms with Crippen molar-refractivity contribution in [3.63, 3.8) is 0 Å². The van der Waals surface area contributed by atoms with Crippen molar-refractivity contribution in [1.29, 1.82) is 5.26 Å². The molecule has 1 fully saturated rings. The average Bonchev–Trinajstić information content (AvgIpc) is 2.75. The van der Waals surface area contributed by atoms with Gasteiger partial charge in [0.05, 0.1) is 11.6 Å². The fourth-order valence-electron chi connectivity index (χ4n) is 3.25. The van der Waals surface area contributed by atoms with E-state index in [4.69, 9.17) is 5.26 Å². The lowest BCUT2D eigenvalue weighted by Gasteiger charge is -2.34. The Morgan fingerprint density at radius 2 is 1.72 bits per heavy atom. The van der Waals surface area contributed by atoms with Gasteiger partial charge in [-0.3, -0.25) is 0 Å². The molecule has 1 saturated heterocycles. The topological polar surface area (TPSA) is 80.1 Å². The van der Waals surface area contributed by atoms with Gasteiger partial charge in [-0.1, -0.05) is 6.07 Å². The molecular formula is C22H23N7. The Hall–Kier alpha value is -3.63. The average molecular weight is 385 g/mol. The van der Waals surface area contributed by atoms with Crippen molar-refractivity contribution in [2.75, 3.05) is 48.8 Å². The van der Waals surface area contributed by atoms with Crippen molar-refractivity contribution in [1.82, 2.24) is 14.9 Å². The fraction of sp³-hybridized carbons (Fsp3) is 0.227. The zero-order chi connectivity index (χ0) is 20.1. The molecule has 7 heteroatoms. The molecule has 4 rings (SSSR count). The van der Waals surface area contributed by atoms with E-state index in [1.807, 2.05) is 18.2 Å². The quantitative estimate of drug-likeness (QED) is 0.695. The summed E-state index contributed by atoms with van der Waals surface area (Å²) in [6, 6.07) is 19.6. The summed E-state index contributed by atoms with van der Waals surface area (Å²) in [6.07, 6.45) is 1.70. The van der Waals surface area contributed by atoms with E-state index in [1.165, 1.54) is 5.69 Å². The first kappa shape index (κ1) is 18.7. The highest BCUT2D eigenvalue weighted by atomic mass is 15.2. The van der Waals surface area contributed by atoms with Crippen LogP contribution in [0, 0.1) is 11.3 Å². The highest BCUT2D eigenvalue weighted by Gasteiger charge is 2.14. The minimum Gasteiger partial charge on any atom is -0.369 e. The van der Waals surface area contributed by atoms with E-state index in [0.29, 0.717) is 17.3 Å². The highest BCUT2D eigenvalue weighted by molar-refractivity contribution is 5.63. The zero-order valence-corrected chi connectivity index (χ0v) is 16.3. The van der Waals surface area contributed by atoms with Crippen molar-refractivity contribution in [3.8, 4) is 6.07 Å². The van der Waals surface area contributed by atoms with Crippen LogP contribution in [0.1, 0.15) is 5.56 Å². The van der Waals surface area contributed by atoms with Gasteiger partial charge in [0.15, 0.2) is 0 Å². The van der Waals surface area contributed by atoms with Crippen LogP contribution in [0.2, 0.25) is 0 Å². The number of piperazine rings is 1. The second kappa shape index (κ2) is 8.59. The number of rotatable bonds is 5. The lowest BCUT2D eigenvalue weighted by atomic mass is 10.2. The maximum Gasteiger partial charge on any atom is 0.229 e. The van der Waals surface area contributed by atoms with E-state index >= 15 is 0 Å². The number of nitrogens with one attached hydrogen (secondary N) is 2. The minimum absolute atomic E-state index is 0.471. The molecule has 1 aromatic heterocycles. The summed E-state index contributed by atoms with van der Waals surface area (Å²) < 4.78 is 0. The van der Waals surface area contributed by atoms with Crippen LogP contribution < -0.4 is 15.5 Å². The van der Waals surface area contributed by atoms with Crippen molar-refractivity contribution in [3.05, 3.63) is 66.4 Å². The van der Waals surface area contributed by atoms with Crippen LogP contribution in [0.5, 0.6) is 0 Å². The van der Waals surface area contributed by atoms with Crippen LogP contribution in [0.25, 0.3) is 0 Å². The second-order valence-corrected chi connectivity index (χ2v) is 7.05. The minimum atomic E-state index is 0.471. The number of nitriles is 1. The summed E-state index contributed by atoms with van der Waals surface area (Å²) in [5.74, 6) is 1.17. The molecule has 1 aliphatic heterocycles. The van der Waals surface area contributed by atoms with Crippen LogP contribution in [0.4, 0.5) is 28.8 Å². The maximum atomic E-state index is 9.03. The van der Waals surface area contributed by atoms with Gasteiger partial charge in [-0.15, -0.1) is 0 Å². The van der Waals surface area contributed by atoms with Gasteiger partial charge in [-0.2, -0.15) is 10.2 Å². The van der Waals surface area contributed by atoms with Gasteiger partial charge < -0.3 is 20.4 Å². The second-order valence-electron chi connectivity index (χ2n) is 7.05. The number of hydrogen-bond acceptors (Lipinski definition) is 7. The third-order valence-corrected chi connectivity index (χ3v) is 4.91. The van der Waals surface area contributed by atoms with E-state index in [1.54, 1.807) is 18.3 Å². The van der Waals surface area contributed by atoms with Gasteiger partial charge >= 0.3 is 0 Å². The molecule has 0 saturated carbocycles. The smallest absolute Gasteiger partial charge is 0.229 e. The lowest BCUT2D eigenvalue weighted by Crippen LogP contribution is -2.44. The first-order chi connectivity index (χ1) is 14.2. The molecule has 146 valence electrons. The van der Waals surface area contributed by atoms with E-state index in [9.17, 15) is 0 Å². The molecule has 7 nitrogen and oxygen atoms in total. The molecule has 0 unspecified atom stereocenters. The highest BCUT2D eigenvalue weighted by Crippen LogP contribution is 2.22. The number of benzene rings is 2. The van der Waals surface area contributed by atoms with Crippen molar-refractivity contribution >= 4 is 28.8 Å². The van der Waals surface area contributed by atoms with Gasteiger partial charge in [-0.05, 0) is 55.6 Å². The molecule has 0 radical (unpaired) electrons. The van der Waals surface area contributed by atoms with E-state index in [0.717, 1.165) is 37.6 Å². The van der Waals surface area contributed by atoms with Crippen LogP contribution in [0.15, 0.2) is 60.8 Å². The van der Waals surface area contributed by atoms with Crippen molar-refractivity contribution < 1.29 is 0 Å². The van der Waals surface area contributed by atoms with Crippen molar-refractivity contribution in [2.24, 2.45) is 0 Å². The summed E-state index contributed by atoms with van der Waals surface area (Å²) in [5.41, 5.74) is 3.58. The largest absolute Gasteiger partial charge is 0.369 e. The summed E-state index contributed by atoms with van der Waals surface area (Å²) >= 11 is 0. The summed E-state index contributed by atoms with van der Waals surface area (Å²) in [4.78, 5) is 13.5. The van der Waals surface area contributed by atoms with Crippen LogP contribution >= 0.6 is 0 Å². The fourth-order valence-corrected chi connectivity index (χ4v) is 3.25. The summed E-state index contributed by atoms with van der Waals surface area (Å²) in [5, 5.41) is 15.5. The summed E-state index contributed by atoms with van der Waals surface area (Å²) in [6.45, 7) is 4.29. The van der Waals surface area contributed by atoms with Gasteiger partial charge in [0.1, 0.15) is 5.82 Å². The van der Waals surface area contributed by atoms with Gasteiger partial charge in [0.25, 0.3) is 0 Å². The van der Waals surface area contributed by atoms with E-state index in [2.05, 4.69) is 67.8 Å². The molecule has 0 bridgehead atoms. The Morgan fingerprint density at radius 1 is 0.931 bits per heavy atom. The number of anilines is 5. The van der Waals surface area contributed by atoms with E-state index < -0.39 is 0 Å². The monoisotopic (exact) mass is 385 g/mol. The normalized spacial score (nSPS) is 14.3. The Labute approximate surface area is 170 Å². The van der Waals surface area contributed by atoms with Crippen LogP contribution in [-0.2, 0) is 0 Å². The number of aromatic nitrogens is 2. The number of likely N-dealkylation sites (N-methyl/N-ethyl adjacent to an activating group) is 1. The molecule has 2 heterocycles. The van der Waals surface area contributed by atoms with Crippen LogP contribution in [0.3, 0.4) is 0 Å². The lowest BCUT2D eigenvalue weighted by molar-refractivity contribution is 0.313. The zero-order valence-electron chi connectivity index (χ0n) is 16.3. The Bertz CT molecular complexity index is 1000. The first-order valence-electron chi connectivity index (χ1n) is 9.60. The SMILES string of the molecule is CN1CCN(c2ccc(Nc3ccnc(Nc4cccc(C#N)c4)n3)cc2)CC1. The first-order valence-corrected chi connectivity index (χ1v) is 9.60. The molecular weight excluding hydrogens is 362 g/mol. The number of hydrogen-bond donors (Lipinski definition) is 2. The summed E-state index contributed by atoms with van der Waals surface area (Å²) in [7, 11) is 2.16. The predicted octanol–water partition coefficient (Wildman–Crippen LogP) is 3.59. The van der Waals surface area contributed by atoms with Crippen molar-refractivity contribution in [2.45, 2.75) is 0 Å². The molecule has 0 aliphatic carbocycles. The molecule has 2 N–H and O–H groups in total. The number of nitrogens with zero attached hydrogens (tertiary/aromatic N) is 5. The molecule has 2 aromatic carbocycles. The molecule has 1 aliphatic rings. The Morgan fingerprint density at radius 3 is 2.48 bits per heavy atom. The maximum absolute atomic E-state index is 9.03. The van der Waals surface area contributed by atoms with Gasteiger partial charge in [-0.25, -0.2) is 4.98 Å². The van der Waals surface area contributed by atoms with Crippen LogP contribution in [-0.4, -0.2) is 48.1 Å². The molecule has 0 amide bonds. The molecule has 0 spiro atoms. The standard InChI is InChI=1S/C22H23N7/c1-28-11-13-29(14-12-28)20-7-5-18(6-8-20)25-21-9-10-24-22(27-21)26-19-4-2-3-17(15-19)16-23/h2-10,15H,11-14H2,1H3,(H2,24,25,26,27).